The maximum absolute atomic E-state index is 13.8. The van der Waals surface area contributed by atoms with Crippen molar-refractivity contribution in [3.05, 3.63) is 83.4 Å². The van der Waals surface area contributed by atoms with Gasteiger partial charge in [0.05, 0.1) is 12.1 Å². The van der Waals surface area contributed by atoms with Gasteiger partial charge in [-0.1, -0.05) is 30.3 Å². The third kappa shape index (κ3) is 3.68. The van der Waals surface area contributed by atoms with Gasteiger partial charge in [-0.15, -0.1) is 0 Å². The van der Waals surface area contributed by atoms with E-state index in [1.807, 2.05) is 41.2 Å². The summed E-state index contributed by atoms with van der Waals surface area (Å²) in [5.74, 6) is -0.785. The smallest absolute Gasteiger partial charge is 0.164 e. The first kappa shape index (κ1) is 15.9. The molecule has 1 heterocycles. The Hall–Kier alpha value is -2.95. The third-order valence-electron chi connectivity index (χ3n) is 3.78. The van der Waals surface area contributed by atoms with Crippen LogP contribution >= 0.6 is 0 Å². The van der Waals surface area contributed by atoms with E-state index in [4.69, 9.17) is 0 Å². The topological polar surface area (TPSA) is 46.9 Å². The van der Waals surface area contributed by atoms with Gasteiger partial charge in [-0.3, -0.25) is 9.48 Å². The molecule has 0 aliphatic carbocycles. The highest BCUT2D eigenvalue weighted by molar-refractivity contribution is 5.99. The Bertz CT molecular complexity index is 826. The van der Waals surface area contributed by atoms with E-state index >= 15 is 0 Å². The van der Waals surface area contributed by atoms with Crippen LogP contribution in [0, 0.1) is 5.82 Å². The molecule has 0 saturated heterocycles. The number of benzene rings is 2. The molecule has 5 heteroatoms. The SMILES string of the molecule is CC(=O)c1c(F)cccc1NCc1ccc(Cn2cccn2)cc1. The highest BCUT2D eigenvalue weighted by Gasteiger charge is 2.12. The van der Waals surface area contributed by atoms with Crippen LogP contribution < -0.4 is 5.32 Å². The second-order valence-electron chi connectivity index (χ2n) is 5.59. The lowest BCUT2D eigenvalue weighted by Gasteiger charge is -2.11. The summed E-state index contributed by atoms with van der Waals surface area (Å²) in [5.41, 5.74) is 2.83. The fourth-order valence-corrected chi connectivity index (χ4v) is 2.57. The normalized spacial score (nSPS) is 10.6. The zero-order valence-corrected chi connectivity index (χ0v) is 13.4. The molecule has 1 aromatic heterocycles. The van der Waals surface area contributed by atoms with Crippen LogP contribution in [0.4, 0.5) is 10.1 Å². The van der Waals surface area contributed by atoms with Crippen LogP contribution in [0.5, 0.6) is 0 Å². The number of hydrogen-bond acceptors (Lipinski definition) is 3. The average Bonchev–Trinajstić information content (AvgIpc) is 3.07. The van der Waals surface area contributed by atoms with E-state index in [1.165, 1.54) is 13.0 Å². The van der Waals surface area contributed by atoms with Gasteiger partial charge in [0, 0.05) is 24.6 Å². The summed E-state index contributed by atoms with van der Waals surface area (Å²) in [6.45, 7) is 2.61. The van der Waals surface area contributed by atoms with Crippen molar-refractivity contribution in [3.63, 3.8) is 0 Å². The lowest BCUT2D eigenvalue weighted by molar-refractivity contribution is 0.101. The van der Waals surface area contributed by atoms with Crippen LogP contribution in [0.15, 0.2) is 60.9 Å². The summed E-state index contributed by atoms with van der Waals surface area (Å²) in [4.78, 5) is 11.6. The van der Waals surface area contributed by atoms with Crippen molar-refractivity contribution in [2.75, 3.05) is 5.32 Å². The molecule has 0 saturated carbocycles. The van der Waals surface area contributed by atoms with E-state index in [2.05, 4.69) is 10.4 Å². The molecule has 0 fully saturated rings. The average molecular weight is 323 g/mol. The molecule has 3 aromatic rings. The number of hydrogen-bond donors (Lipinski definition) is 1. The third-order valence-corrected chi connectivity index (χ3v) is 3.78. The fraction of sp³-hybridized carbons (Fsp3) is 0.158. The van der Waals surface area contributed by atoms with Crippen LogP contribution in [-0.2, 0) is 13.1 Å². The number of Topliss-reactive ketones (excluding diaryl/α,β-unsaturated/α-hetero) is 1. The molecule has 24 heavy (non-hydrogen) atoms. The molecular weight excluding hydrogens is 305 g/mol. The molecule has 122 valence electrons. The summed E-state index contributed by atoms with van der Waals surface area (Å²) in [7, 11) is 0. The number of halogens is 1. The Morgan fingerprint density at radius 3 is 2.54 bits per heavy atom. The molecule has 0 unspecified atom stereocenters. The van der Waals surface area contributed by atoms with Gasteiger partial charge < -0.3 is 5.32 Å². The summed E-state index contributed by atoms with van der Waals surface area (Å²) in [6, 6.07) is 14.6. The minimum atomic E-state index is -0.498. The molecule has 0 aliphatic heterocycles. The molecule has 0 radical (unpaired) electrons. The minimum absolute atomic E-state index is 0.104. The molecule has 2 aromatic carbocycles. The lowest BCUT2D eigenvalue weighted by Crippen LogP contribution is -2.07. The molecule has 0 amide bonds. The van der Waals surface area contributed by atoms with E-state index in [-0.39, 0.29) is 11.3 Å². The molecule has 0 aliphatic rings. The quantitative estimate of drug-likeness (QED) is 0.700. The number of rotatable bonds is 6. The van der Waals surface area contributed by atoms with Crippen molar-refractivity contribution in [2.24, 2.45) is 0 Å². The number of carbonyl (C=O) groups is 1. The zero-order valence-electron chi connectivity index (χ0n) is 13.4. The first-order chi connectivity index (χ1) is 11.6. The van der Waals surface area contributed by atoms with Crippen LogP contribution in [0.25, 0.3) is 0 Å². The van der Waals surface area contributed by atoms with Crippen LogP contribution in [0.1, 0.15) is 28.4 Å². The Morgan fingerprint density at radius 2 is 1.88 bits per heavy atom. The predicted octanol–water partition coefficient (Wildman–Crippen LogP) is 3.89. The van der Waals surface area contributed by atoms with Crippen molar-refractivity contribution in [3.8, 4) is 0 Å². The number of nitrogens with zero attached hydrogens (tertiary/aromatic N) is 2. The van der Waals surface area contributed by atoms with Crippen molar-refractivity contribution in [2.45, 2.75) is 20.0 Å². The van der Waals surface area contributed by atoms with Gasteiger partial charge in [-0.2, -0.15) is 5.10 Å². The standard InChI is InChI=1S/C19H18FN3O/c1-14(24)19-17(20)4-2-5-18(19)21-12-15-6-8-16(9-7-15)13-23-11-3-10-22-23/h2-11,21H,12-13H2,1H3. The zero-order chi connectivity index (χ0) is 16.9. The van der Waals surface area contributed by atoms with Gasteiger partial charge in [0.25, 0.3) is 0 Å². The summed E-state index contributed by atoms with van der Waals surface area (Å²) in [6.07, 6.45) is 3.67. The molecule has 4 nitrogen and oxygen atoms in total. The molecule has 1 N–H and O–H groups in total. The van der Waals surface area contributed by atoms with Crippen molar-refractivity contribution in [1.29, 1.82) is 0 Å². The van der Waals surface area contributed by atoms with Gasteiger partial charge in [-0.05, 0) is 36.2 Å². The number of aromatic nitrogens is 2. The molecule has 0 spiro atoms. The maximum atomic E-state index is 13.8. The van der Waals surface area contributed by atoms with Crippen LogP contribution in [0.2, 0.25) is 0 Å². The summed E-state index contributed by atoms with van der Waals surface area (Å²) < 4.78 is 15.7. The van der Waals surface area contributed by atoms with E-state index in [0.717, 1.165) is 17.7 Å². The van der Waals surface area contributed by atoms with Crippen LogP contribution in [0.3, 0.4) is 0 Å². The number of ketones is 1. The van der Waals surface area contributed by atoms with E-state index in [0.29, 0.717) is 12.2 Å². The first-order valence-electron chi connectivity index (χ1n) is 7.72. The van der Waals surface area contributed by atoms with E-state index in [9.17, 15) is 9.18 Å². The molecule has 0 bridgehead atoms. The number of anilines is 1. The summed E-state index contributed by atoms with van der Waals surface area (Å²) >= 11 is 0. The van der Waals surface area contributed by atoms with Gasteiger partial charge in [0.15, 0.2) is 5.78 Å². The largest absolute Gasteiger partial charge is 0.380 e. The van der Waals surface area contributed by atoms with E-state index in [1.54, 1.807) is 18.3 Å². The van der Waals surface area contributed by atoms with Crippen molar-refractivity contribution in [1.82, 2.24) is 9.78 Å². The van der Waals surface area contributed by atoms with Crippen LogP contribution in [-0.4, -0.2) is 15.6 Å². The second kappa shape index (κ2) is 7.08. The van der Waals surface area contributed by atoms with Gasteiger partial charge in [-0.25, -0.2) is 4.39 Å². The van der Waals surface area contributed by atoms with Crippen molar-refractivity contribution >= 4 is 11.5 Å². The minimum Gasteiger partial charge on any atom is -0.380 e. The molecular formula is C19H18FN3O. The van der Waals surface area contributed by atoms with Crippen molar-refractivity contribution < 1.29 is 9.18 Å². The lowest BCUT2D eigenvalue weighted by atomic mass is 10.1. The van der Waals surface area contributed by atoms with Gasteiger partial charge in [0.2, 0.25) is 0 Å². The Kier molecular flexibility index (Phi) is 4.70. The summed E-state index contributed by atoms with van der Waals surface area (Å²) in [5, 5.41) is 7.32. The monoisotopic (exact) mass is 323 g/mol. The molecule has 3 rings (SSSR count). The first-order valence-corrected chi connectivity index (χ1v) is 7.72. The predicted molar refractivity (Wildman–Crippen MR) is 91.5 cm³/mol. The van der Waals surface area contributed by atoms with Gasteiger partial charge in [0.1, 0.15) is 5.82 Å². The number of carbonyl (C=O) groups excluding carboxylic acids is 1. The molecule has 0 atom stereocenters. The number of nitrogens with one attached hydrogen (secondary N) is 1. The Labute approximate surface area is 139 Å². The van der Waals surface area contributed by atoms with E-state index < -0.39 is 5.82 Å². The highest BCUT2D eigenvalue weighted by atomic mass is 19.1. The Balaban J connectivity index is 1.67. The van der Waals surface area contributed by atoms with Gasteiger partial charge >= 0.3 is 0 Å². The second-order valence-corrected chi connectivity index (χ2v) is 5.59. The fourth-order valence-electron chi connectivity index (χ4n) is 2.57. The maximum Gasteiger partial charge on any atom is 0.164 e. The highest BCUT2D eigenvalue weighted by Crippen LogP contribution is 2.20. The Morgan fingerprint density at radius 1 is 1.12 bits per heavy atom.